The number of rotatable bonds is 3. The minimum absolute atomic E-state index is 0.219. The molecule has 0 amide bonds. The first kappa shape index (κ1) is 17.0. The van der Waals surface area contributed by atoms with Gasteiger partial charge in [-0.15, -0.1) is 0 Å². The Hall–Kier alpha value is -0.460. The molecule has 1 aliphatic carbocycles. The van der Waals surface area contributed by atoms with E-state index in [1.165, 1.54) is 22.9 Å². The van der Waals surface area contributed by atoms with Gasteiger partial charge < -0.3 is 9.47 Å². The summed E-state index contributed by atoms with van der Waals surface area (Å²) in [4.78, 5) is 5.20. The van der Waals surface area contributed by atoms with Crippen molar-refractivity contribution in [3.8, 4) is 0 Å². The molecule has 4 rings (SSSR count). The van der Waals surface area contributed by atoms with Crippen molar-refractivity contribution in [3.63, 3.8) is 0 Å². The highest BCUT2D eigenvalue weighted by Crippen LogP contribution is 2.37. The molecular formula is C19H27BrN2O2. The first-order valence-corrected chi connectivity index (χ1v) is 9.86. The van der Waals surface area contributed by atoms with Crippen molar-refractivity contribution in [1.29, 1.82) is 0 Å². The lowest BCUT2D eigenvalue weighted by Gasteiger charge is -2.39. The molecule has 2 fully saturated rings. The molecule has 2 aliphatic heterocycles. The molecule has 2 heterocycles. The highest BCUT2D eigenvalue weighted by Gasteiger charge is 2.35. The molecule has 0 spiro atoms. The van der Waals surface area contributed by atoms with E-state index in [4.69, 9.17) is 9.47 Å². The normalized spacial score (nSPS) is 30.6. The maximum atomic E-state index is 5.95. The van der Waals surface area contributed by atoms with Gasteiger partial charge in [0.05, 0.1) is 12.7 Å². The molecule has 24 heavy (non-hydrogen) atoms. The van der Waals surface area contributed by atoms with Crippen molar-refractivity contribution < 1.29 is 9.47 Å². The molecule has 1 aromatic rings. The molecular weight excluding hydrogens is 368 g/mol. The highest BCUT2D eigenvalue weighted by atomic mass is 79.9. The third-order valence-corrected chi connectivity index (χ3v) is 6.02. The second-order valence-corrected chi connectivity index (χ2v) is 8.60. The summed E-state index contributed by atoms with van der Waals surface area (Å²) >= 11 is 3.60. The van der Waals surface area contributed by atoms with Gasteiger partial charge in [-0.25, -0.2) is 0 Å². The van der Waals surface area contributed by atoms with Gasteiger partial charge in [-0.05, 0) is 49.9 Å². The SMILES string of the molecule is CC1(C)OC[C@@H](CN2CCN([C@H]3CCc4cc(Br)ccc43)CC2)O1. The van der Waals surface area contributed by atoms with E-state index >= 15 is 0 Å². The Morgan fingerprint density at radius 3 is 2.71 bits per heavy atom. The van der Waals surface area contributed by atoms with Gasteiger partial charge in [-0.3, -0.25) is 9.80 Å². The fourth-order valence-corrected chi connectivity index (χ4v) is 4.75. The van der Waals surface area contributed by atoms with Crippen molar-refractivity contribution in [2.45, 2.75) is 44.6 Å². The van der Waals surface area contributed by atoms with Gasteiger partial charge in [-0.1, -0.05) is 22.0 Å². The smallest absolute Gasteiger partial charge is 0.163 e. The first-order chi connectivity index (χ1) is 11.5. The van der Waals surface area contributed by atoms with Crippen LogP contribution in [0.2, 0.25) is 0 Å². The maximum Gasteiger partial charge on any atom is 0.163 e. The minimum Gasteiger partial charge on any atom is -0.348 e. The third-order valence-electron chi connectivity index (χ3n) is 5.53. The summed E-state index contributed by atoms with van der Waals surface area (Å²) in [5, 5.41) is 0. The van der Waals surface area contributed by atoms with Gasteiger partial charge in [0.25, 0.3) is 0 Å². The molecule has 0 unspecified atom stereocenters. The van der Waals surface area contributed by atoms with E-state index in [1.54, 1.807) is 5.56 Å². The first-order valence-electron chi connectivity index (χ1n) is 9.07. The zero-order valence-electron chi connectivity index (χ0n) is 14.6. The van der Waals surface area contributed by atoms with E-state index in [0.717, 1.165) is 39.3 Å². The molecule has 4 nitrogen and oxygen atoms in total. The monoisotopic (exact) mass is 394 g/mol. The van der Waals surface area contributed by atoms with Crippen LogP contribution in [0.3, 0.4) is 0 Å². The van der Waals surface area contributed by atoms with E-state index in [2.05, 4.69) is 43.9 Å². The molecule has 5 heteroatoms. The van der Waals surface area contributed by atoms with Gasteiger partial charge in [0, 0.05) is 43.2 Å². The fourth-order valence-electron chi connectivity index (χ4n) is 4.34. The number of hydrogen-bond donors (Lipinski definition) is 0. The average Bonchev–Trinajstić information content (AvgIpc) is 3.11. The van der Waals surface area contributed by atoms with Crippen LogP contribution in [-0.2, 0) is 15.9 Å². The topological polar surface area (TPSA) is 24.9 Å². The van der Waals surface area contributed by atoms with Gasteiger partial charge in [0.1, 0.15) is 0 Å². The number of aryl methyl sites for hydroxylation is 1. The van der Waals surface area contributed by atoms with Crippen molar-refractivity contribution >= 4 is 15.9 Å². The number of hydrogen-bond acceptors (Lipinski definition) is 4. The van der Waals surface area contributed by atoms with Crippen LogP contribution in [0.5, 0.6) is 0 Å². The Labute approximate surface area is 153 Å². The van der Waals surface area contributed by atoms with E-state index in [0.29, 0.717) is 6.04 Å². The number of halogens is 1. The highest BCUT2D eigenvalue weighted by molar-refractivity contribution is 9.10. The lowest BCUT2D eigenvalue weighted by molar-refractivity contribution is -0.140. The van der Waals surface area contributed by atoms with Crippen molar-refractivity contribution in [3.05, 3.63) is 33.8 Å². The number of fused-ring (bicyclic) bond motifs is 1. The molecule has 132 valence electrons. The van der Waals surface area contributed by atoms with Crippen molar-refractivity contribution in [2.75, 3.05) is 39.3 Å². The fraction of sp³-hybridized carbons (Fsp3) is 0.684. The van der Waals surface area contributed by atoms with Crippen LogP contribution in [0.25, 0.3) is 0 Å². The quantitative estimate of drug-likeness (QED) is 0.785. The number of piperazine rings is 1. The van der Waals surface area contributed by atoms with Gasteiger partial charge in [-0.2, -0.15) is 0 Å². The Bertz CT molecular complexity index is 599. The predicted octanol–water partition coefficient (Wildman–Crippen LogP) is 3.21. The molecule has 2 atom stereocenters. The second-order valence-electron chi connectivity index (χ2n) is 7.68. The van der Waals surface area contributed by atoms with Crippen LogP contribution in [-0.4, -0.2) is 61.0 Å². The summed E-state index contributed by atoms with van der Waals surface area (Å²) < 4.78 is 12.8. The number of nitrogens with zero attached hydrogens (tertiary/aromatic N) is 2. The zero-order chi connectivity index (χ0) is 16.7. The van der Waals surface area contributed by atoms with Crippen LogP contribution < -0.4 is 0 Å². The van der Waals surface area contributed by atoms with E-state index in [9.17, 15) is 0 Å². The lowest BCUT2D eigenvalue weighted by Crippen LogP contribution is -2.49. The van der Waals surface area contributed by atoms with Crippen molar-refractivity contribution in [1.82, 2.24) is 9.80 Å². The van der Waals surface area contributed by atoms with Crippen LogP contribution in [0.1, 0.15) is 37.4 Å². The number of ether oxygens (including phenoxy) is 2. The molecule has 0 N–H and O–H groups in total. The predicted molar refractivity (Wildman–Crippen MR) is 98.1 cm³/mol. The molecule has 0 radical (unpaired) electrons. The van der Waals surface area contributed by atoms with E-state index in [1.807, 2.05) is 13.8 Å². The summed E-state index contributed by atoms with van der Waals surface area (Å²) in [6, 6.07) is 7.41. The summed E-state index contributed by atoms with van der Waals surface area (Å²) in [5.41, 5.74) is 3.07. The van der Waals surface area contributed by atoms with Crippen LogP contribution in [0.15, 0.2) is 22.7 Å². The summed E-state index contributed by atoms with van der Waals surface area (Å²) in [7, 11) is 0. The van der Waals surface area contributed by atoms with Crippen LogP contribution in [0.4, 0.5) is 0 Å². The van der Waals surface area contributed by atoms with Gasteiger partial charge >= 0.3 is 0 Å². The van der Waals surface area contributed by atoms with Gasteiger partial charge in [0.15, 0.2) is 5.79 Å². The van der Waals surface area contributed by atoms with Crippen LogP contribution >= 0.6 is 15.9 Å². The van der Waals surface area contributed by atoms with E-state index < -0.39 is 5.79 Å². The van der Waals surface area contributed by atoms with E-state index in [-0.39, 0.29) is 6.10 Å². The lowest BCUT2D eigenvalue weighted by atomic mass is 10.1. The molecule has 0 aromatic heterocycles. The second kappa shape index (κ2) is 6.69. The summed E-state index contributed by atoms with van der Waals surface area (Å²) in [5.74, 6) is -0.408. The minimum atomic E-state index is -0.408. The average molecular weight is 395 g/mol. The molecule has 0 saturated carbocycles. The largest absolute Gasteiger partial charge is 0.348 e. The Balaban J connectivity index is 1.31. The Morgan fingerprint density at radius 2 is 2.00 bits per heavy atom. The number of benzene rings is 1. The zero-order valence-corrected chi connectivity index (χ0v) is 16.2. The standard InChI is InChI=1S/C19H27BrN2O2/c1-19(2)23-13-16(24-19)12-21-7-9-22(10-8-21)18-6-3-14-11-15(20)4-5-17(14)18/h4-5,11,16,18H,3,6-10,12-13H2,1-2H3/t16-,18+/m1/s1. The Morgan fingerprint density at radius 1 is 1.21 bits per heavy atom. The third kappa shape index (κ3) is 3.56. The summed E-state index contributed by atoms with van der Waals surface area (Å²) in [6.07, 6.45) is 2.69. The van der Waals surface area contributed by atoms with Crippen LogP contribution in [0, 0.1) is 0 Å². The molecule has 1 aromatic carbocycles. The summed E-state index contributed by atoms with van der Waals surface area (Å²) in [6.45, 7) is 10.3. The van der Waals surface area contributed by atoms with Gasteiger partial charge in [0.2, 0.25) is 0 Å². The van der Waals surface area contributed by atoms with Crippen molar-refractivity contribution in [2.24, 2.45) is 0 Å². The molecule has 0 bridgehead atoms. The molecule has 3 aliphatic rings. The Kier molecular flexibility index (Phi) is 4.73. The molecule has 2 saturated heterocycles. The maximum absolute atomic E-state index is 5.95.